The van der Waals surface area contributed by atoms with Gasteiger partial charge in [0.15, 0.2) is 0 Å². The SMILES string of the molecule is O=C(O)c1ccc(N2C(=O)C3CC=C4C(CC5C(=O)N(c6cccc(Cl)c6)C(=O)C5(c5ccccc5)C4c4ccc(O)c5ccccc45)C3C2=O)cc1O. The smallest absolute Gasteiger partial charge is 0.339 e. The van der Waals surface area contributed by atoms with E-state index in [0.717, 1.165) is 22.6 Å². The molecular formula is C43H31ClN2O8. The molecule has 2 aliphatic heterocycles. The molecular weight excluding hydrogens is 708 g/mol. The van der Waals surface area contributed by atoms with Gasteiger partial charge >= 0.3 is 5.97 Å². The van der Waals surface area contributed by atoms with Crippen molar-refractivity contribution in [1.82, 2.24) is 0 Å². The molecule has 2 aliphatic carbocycles. The Morgan fingerprint density at radius 2 is 1.43 bits per heavy atom. The predicted octanol–water partition coefficient (Wildman–Crippen LogP) is 6.97. The second kappa shape index (κ2) is 12.1. The molecule has 11 heteroatoms. The van der Waals surface area contributed by atoms with Crippen LogP contribution >= 0.6 is 11.6 Å². The number of hydrogen-bond acceptors (Lipinski definition) is 7. The van der Waals surface area contributed by atoms with Gasteiger partial charge in [-0.05, 0) is 71.7 Å². The van der Waals surface area contributed by atoms with Gasteiger partial charge in [0.05, 0.1) is 34.5 Å². The molecule has 3 N–H and O–H groups in total. The molecule has 0 spiro atoms. The van der Waals surface area contributed by atoms with Gasteiger partial charge in [0, 0.05) is 22.4 Å². The van der Waals surface area contributed by atoms with E-state index < -0.39 is 70.4 Å². The van der Waals surface area contributed by atoms with Crippen LogP contribution in [0.1, 0.15) is 40.2 Å². The third kappa shape index (κ3) is 4.56. The van der Waals surface area contributed by atoms with Gasteiger partial charge in [-0.2, -0.15) is 0 Å². The van der Waals surface area contributed by atoms with Crippen LogP contribution < -0.4 is 9.80 Å². The van der Waals surface area contributed by atoms with Crippen LogP contribution in [0.15, 0.2) is 121 Å². The van der Waals surface area contributed by atoms with Crippen molar-refractivity contribution in [3.8, 4) is 11.5 Å². The summed E-state index contributed by atoms with van der Waals surface area (Å²) in [5, 5.41) is 32.5. The number of halogens is 1. The first kappa shape index (κ1) is 33.6. The molecule has 1 saturated carbocycles. The zero-order valence-corrected chi connectivity index (χ0v) is 29.2. The molecule has 9 rings (SSSR count). The number of carbonyl (C=O) groups is 5. The number of phenols is 2. The number of benzene rings is 5. The number of phenolic OH excluding ortho intramolecular Hbond substituents is 1. The molecule has 6 unspecified atom stereocenters. The lowest BCUT2D eigenvalue weighted by Gasteiger charge is -2.51. The number of allylic oxidation sites excluding steroid dienone is 2. The van der Waals surface area contributed by atoms with Gasteiger partial charge in [-0.25, -0.2) is 14.6 Å². The highest BCUT2D eigenvalue weighted by atomic mass is 35.5. The third-order valence-corrected chi connectivity index (χ3v) is 12.1. The molecule has 3 fully saturated rings. The summed E-state index contributed by atoms with van der Waals surface area (Å²) in [5.41, 5.74) is 0.524. The van der Waals surface area contributed by atoms with E-state index in [1.54, 1.807) is 48.5 Å². The first-order chi connectivity index (χ1) is 26.0. The number of amides is 4. The Kier molecular flexibility index (Phi) is 7.55. The molecule has 2 saturated heterocycles. The average molecular weight is 739 g/mol. The Hall–Kier alpha value is -6.26. The fraction of sp³-hybridized carbons (Fsp3) is 0.186. The summed E-state index contributed by atoms with van der Waals surface area (Å²) in [6.45, 7) is 0. The van der Waals surface area contributed by atoms with Crippen LogP contribution in [0.4, 0.5) is 11.4 Å². The van der Waals surface area contributed by atoms with Crippen molar-refractivity contribution in [3.05, 3.63) is 143 Å². The number of aromatic carboxylic acids is 1. The first-order valence-corrected chi connectivity index (χ1v) is 18.0. The minimum Gasteiger partial charge on any atom is -0.507 e. The molecule has 268 valence electrons. The lowest BCUT2D eigenvalue weighted by Crippen LogP contribution is -2.53. The van der Waals surface area contributed by atoms with Crippen LogP contribution in [0.3, 0.4) is 0 Å². The molecule has 4 aliphatic rings. The number of carboxylic acids is 1. The van der Waals surface area contributed by atoms with Gasteiger partial charge < -0.3 is 15.3 Å². The molecule has 54 heavy (non-hydrogen) atoms. The number of aromatic hydroxyl groups is 2. The van der Waals surface area contributed by atoms with E-state index in [2.05, 4.69) is 0 Å². The normalized spacial score (nSPS) is 26.1. The van der Waals surface area contributed by atoms with Crippen molar-refractivity contribution < 1.29 is 39.3 Å². The largest absolute Gasteiger partial charge is 0.507 e. The molecule has 4 amide bonds. The number of fused-ring (bicyclic) bond motifs is 5. The second-order valence-electron chi connectivity index (χ2n) is 14.3. The molecule has 0 radical (unpaired) electrons. The molecule has 2 heterocycles. The van der Waals surface area contributed by atoms with E-state index >= 15 is 9.59 Å². The summed E-state index contributed by atoms with van der Waals surface area (Å²) < 4.78 is 0. The Balaban J connectivity index is 1.28. The Bertz CT molecular complexity index is 2520. The minimum atomic E-state index is -1.50. The second-order valence-corrected chi connectivity index (χ2v) is 14.8. The zero-order valence-electron chi connectivity index (χ0n) is 28.4. The van der Waals surface area contributed by atoms with Crippen molar-refractivity contribution in [2.45, 2.75) is 24.2 Å². The van der Waals surface area contributed by atoms with E-state index in [0.29, 0.717) is 32.6 Å². The fourth-order valence-corrected chi connectivity index (χ4v) is 9.93. The van der Waals surface area contributed by atoms with Gasteiger partial charge in [0.1, 0.15) is 17.1 Å². The van der Waals surface area contributed by atoms with Crippen molar-refractivity contribution in [3.63, 3.8) is 0 Å². The summed E-state index contributed by atoms with van der Waals surface area (Å²) >= 11 is 6.42. The van der Waals surface area contributed by atoms with Gasteiger partial charge in [0.25, 0.3) is 0 Å². The van der Waals surface area contributed by atoms with Crippen molar-refractivity contribution >= 4 is 63.3 Å². The van der Waals surface area contributed by atoms with Crippen molar-refractivity contribution in [1.29, 1.82) is 0 Å². The zero-order chi connectivity index (χ0) is 37.6. The number of anilines is 2. The lowest BCUT2D eigenvalue weighted by molar-refractivity contribution is -0.127. The van der Waals surface area contributed by atoms with Crippen LogP contribution in [-0.4, -0.2) is 44.9 Å². The Morgan fingerprint density at radius 1 is 0.704 bits per heavy atom. The highest BCUT2D eigenvalue weighted by Crippen LogP contribution is 2.65. The van der Waals surface area contributed by atoms with Crippen LogP contribution in [0.25, 0.3) is 10.8 Å². The van der Waals surface area contributed by atoms with Crippen LogP contribution in [0, 0.1) is 23.7 Å². The molecule has 10 nitrogen and oxygen atoms in total. The van der Waals surface area contributed by atoms with Gasteiger partial charge in [0.2, 0.25) is 23.6 Å². The third-order valence-electron chi connectivity index (χ3n) is 11.9. The molecule has 5 aromatic carbocycles. The minimum absolute atomic E-state index is 0.0400. The monoisotopic (exact) mass is 738 g/mol. The van der Waals surface area contributed by atoms with Gasteiger partial charge in [-0.15, -0.1) is 0 Å². The maximum atomic E-state index is 15.5. The number of carboxylic acid groups (broad SMARTS) is 1. The first-order valence-electron chi connectivity index (χ1n) is 17.6. The van der Waals surface area contributed by atoms with E-state index in [1.165, 1.54) is 11.0 Å². The summed E-state index contributed by atoms with van der Waals surface area (Å²) in [7, 11) is 0. The lowest BCUT2D eigenvalue weighted by atomic mass is 9.49. The highest BCUT2D eigenvalue weighted by Gasteiger charge is 2.70. The predicted molar refractivity (Wildman–Crippen MR) is 199 cm³/mol. The highest BCUT2D eigenvalue weighted by molar-refractivity contribution is 6.32. The van der Waals surface area contributed by atoms with Crippen LogP contribution in [0.5, 0.6) is 11.5 Å². The van der Waals surface area contributed by atoms with E-state index in [9.17, 15) is 29.7 Å². The number of rotatable bonds is 5. The fourth-order valence-electron chi connectivity index (χ4n) is 9.74. The van der Waals surface area contributed by atoms with Crippen molar-refractivity contribution in [2.75, 3.05) is 9.80 Å². The van der Waals surface area contributed by atoms with Crippen LogP contribution in [0.2, 0.25) is 5.02 Å². The Labute approximate surface area is 313 Å². The summed E-state index contributed by atoms with van der Waals surface area (Å²) in [5.74, 6) is -8.01. The van der Waals surface area contributed by atoms with Crippen molar-refractivity contribution in [2.24, 2.45) is 23.7 Å². The number of carbonyl (C=O) groups excluding carboxylic acids is 4. The van der Waals surface area contributed by atoms with Gasteiger partial charge in [-0.3, -0.25) is 19.2 Å². The Morgan fingerprint density at radius 3 is 2.15 bits per heavy atom. The quantitative estimate of drug-likeness (QED) is 0.129. The van der Waals surface area contributed by atoms with Gasteiger partial charge in [-0.1, -0.05) is 90.0 Å². The van der Waals surface area contributed by atoms with E-state index in [-0.39, 0.29) is 29.8 Å². The number of imide groups is 2. The summed E-state index contributed by atoms with van der Waals surface area (Å²) in [6, 6.07) is 30.0. The number of nitrogens with zero attached hydrogens (tertiary/aromatic N) is 2. The van der Waals surface area contributed by atoms with E-state index in [4.69, 9.17) is 11.6 Å². The topological polar surface area (TPSA) is 153 Å². The molecule has 0 aromatic heterocycles. The standard InChI is InChI=1S/C43H31ClN2O8/c44-23-9-6-10-24(19-23)46-39(50)33-21-32-29(15-16-31-36(32)40(51)45(38(31)49)25-13-14-30(41(52)53)35(48)20-25)37(43(33,42(46)54)22-7-2-1-3-8-22)28-17-18-34(47)27-12-5-4-11-26(27)28/h1-15,17-20,31-33,36-37,47-48H,16,21H2,(H,52,53). The molecule has 0 bridgehead atoms. The summed E-state index contributed by atoms with van der Waals surface area (Å²) in [6.07, 6.45) is 2.18. The van der Waals surface area contributed by atoms with E-state index in [1.807, 2.05) is 48.5 Å². The maximum absolute atomic E-state index is 15.5. The number of hydrogen-bond donors (Lipinski definition) is 3. The summed E-state index contributed by atoms with van der Waals surface area (Å²) in [4.78, 5) is 73.1. The molecule has 5 aromatic rings. The maximum Gasteiger partial charge on any atom is 0.339 e. The average Bonchev–Trinajstić information content (AvgIpc) is 3.56. The molecule has 6 atom stereocenters. The van der Waals surface area contributed by atoms with Crippen LogP contribution in [-0.2, 0) is 24.6 Å².